The summed E-state index contributed by atoms with van der Waals surface area (Å²) in [6.07, 6.45) is 6.69. The maximum atomic E-state index is 11.2. The molecule has 1 N–H and O–H groups in total. The van der Waals surface area contributed by atoms with Crippen LogP contribution >= 0.6 is 0 Å². The second kappa shape index (κ2) is 6.45. The van der Waals surface area contributed by atoms with Crippen LogP contribution < -0.4 is 9.47 Å². The molecular weight excluding hydrogens is 332 g/mol. The fraction of sp³-hybridized carbons (Fsp3) is 0.600. The lowest BCUT2D eigenvalue weighted by Gasteiger charge is -2.37. The molecule has 0 fully saturated rings. The van der Waals surface area contributed by atoms with Crippen molar-refractivity contribution in [2.24, 2.45) is 0 Å². The van der Waals surface area contributed by atoms with E-state index in [0.29, 0.717) is 12.4 Å². The summed E-state index contributed by atoms with van der Waals surface area (Å²) in [4.78, 5) is 0. The molecule has 5 heteroatoms. The lowest BCUT2D eigenvalue weighted by Crippen LogP contribution is -2.40. The Morgan fingerprint density at radius 3 is 2.48 bits per heavy atom. The second-order valence-electron chi connectivity index (χ2n) is 8.63. The lowest BCUT2D eigenvalue weighted by molar-refractivity contribution is 0.0701. The average molecular weight is 363 g/mol. The minimum Gasteiger partial charge on any atom is -0.454 e. The van der Waals surface area contributed by atoms with Gasteiger partial charge >= 0.3 is 0 Å². The van der Waals surface area contributed by atoms with E-state index in [1.165, 1.54) is 0 Å². The van der Waals surface area contributed by atoms with Crippen LogP contribution in [-0.4, -0.2) is 20.2 Å². The van der Waals surface area contributed by atoms with Gasteiger partial charge in [0.25, 0.3) is 0 Å². The molecule has 0 saturated carbocycles. The molecule has 0 spiro atoms. The van der Waals surface area contributed by atoms with Gasteiger partial charge in [0.05, 0.1) is 6.61 Å². The van der Waals surface area contributed by atoms with E-state index in [1.807, 2.05) is 18.2 Å². The van der Waals surface area contributed by atoms with Crippen molar-refractivity contribution in [2.75, 3.05) is 6.79 Å². The van der Waals surface area contributed by atoms with E-state index in [0.717, 1.165) is 36.1 Å². The van der Waals surface area contributed by atoms with Crippen LogP contribution in [0.3, 0.4) is 0 Å². The van der Waals surface area contributed by atoms with Crippen LogP contribution in [0.25, 0.3) is 0 Å². The van der Waals surface area contributed by atoms with E-state index in [2.05, 4.69) is 39.9 Å². The molecule has 2 aliphatic rings. The molecule has 25 heavy (non-hydrogen) atoms. The Balaban J connectivity index is 1.95. The standard InChI is InChI=1S/C20H30O4Si/c1-19(2,3)25(4,5)24-13-15-11-17-18(23-14-22-17)12-16(15)20(21)9-7-6-8-10-20/h7,9,11-12,21H,6,8,10,13-14H2,1-5H3. The summed E-state index contributed by atoms with van der Waals surface area (Å²) in [5, 5.41) is 11.4. The fourth-order valence-electron chi connectivity index (χ4n) is 3.06. The largest absolute Gasteiger partial charge is 0.454 e. The maximum absolute atomic E-state index is 11.2. The first-order chi connectivity index (χ1) is 11.6. The van der Waals surface area contributed by atoms with Crippen molar-refractivity contribution >= 4 is 8.32 Å². The number of fused-ring (bicyclic) bond motifs is 1. The summed E-state index contributed by atoms with van der Waals surface area (Å²) in [5.74, 6) is 1.44. The zero-order chi connectivity index (χ0) is 18.3. The minimum atomic E-state index is -1.88. The third-order valence-electron chi connectivity index (χ3n) is 5.78. The number of benzene rings is 1. The highest BCUT2D eigenvalue weighted by molar-refractivity contribution is 6.74. The predicted molar refractivity (Wildman–Crippen MR) is 101 cm³/mol. The highest BCUT2D eigenvalue weighted by Gasteiger charge is 2.38. The Morgan fingerprint density at radius 2 is 1.88 bits per heavy atom. The van der Waals surface area contributed by atoms with Gasteiger partial charge in [-0.2, -0.15) is 0 Å². The average Bonchev–Trinajstić information content (AvgIpc) is 2.99. The van der Waals surface area contributed by atoms with E-state index >= 15 is 0 Å². The number of hydrogen-bond donors (Lipinski definition) is 1. The van der Waals surface area contributed by atoms with Gasteiger partial charge in [-0.1, -0.05) is 32.9 Å². The lowest BCUT2D eigenvalue weighted by atomic mass is 9.82. The molecule has 1 atom stereocenters. The van der Waals surface area contributed by atoms with Gasteiger partial charge < -0.3 is 19.0 Å². The molecule has 1 heterocycles. The topological polar surface area (TPSA) is 47.9 Å². The number of aliphatic hydroxyl groups is 1. The van der Waals surface area contributed by atoms with Crippen LogP contribution in [0.15, 0.2) is 24.3 Å². The van der Waals surface area contributed by atoms with E-state index in [4.69, 9.17) is 13.9 Å². The molecule has 0 bridgehead atoms. The highest BCUT2D eigenvalue weighted by Crippen LogP contribution is 2.43. The normalized spacial score (nSPS) is 23.1. The summed E-state index contributed by atoms with van der Waals surface area (Å²) in [5.41, 5.74) is 0.917. The molecule has 0 saturated heterocycles. The molecule has 4 nitrogen and oxygen atoms in total. The molecule has 3 rings (SSSR count). The molecule has 0 aromatic heterocycles. The van der Waals surface area contributed by atoms with E-state index < -0.39 is 13.9 Å². The first-order valence-electron chi connectivity index (χ1n) is 9.09. The Kier molecular flexibility index (Phi) is 4.77. The molecule has 1 unspecified atom stereocenters. The quantitative estimate of drug-likeness (QED) is 0.613. The number of allylic oxidation sites excluding steroid dienone is 1. The third kappa shape index (κ3) is 3.64. The van der Waals surface area contributed by atoms with Crippen molar-refractivity contribution in [1.29, 1.82) is 0 Å². The Labute approximate surface area is 151 Å². The van der Waals surface area contributed by atoms with E-state index in [9.17, 15) is 5.11 Å². The van der Waals surface area contributed by atoms with Crippen LogP contribution in [0, 0.1) is 0 Å². The molecule has 1 aliphatic heterocycles. The molecule has 138 valence electrons. The summed E-state index contributed by atoms with van der Waals surface area (Å²) in [6.45, 7) is 11.9. The van der Waals surface area contributed by atoms with Crippen LogP contribution in [0.4, 0.5) is 0 Å². The van der Waals surface area contributed by atoms with Gasteiger partial charge in [0.1, 0.15) is 5.60 Å². The van der Waals surface area contributed by atoms with Crippen LogP contribution in [0.5, 0.6) is 11.5 Å². The molecule has 1 aromatic rings. The van der Waals surface area contributed by atoms with Gasteiger partial charge in [-0.15, -0.1) is 0 Å². The van der Waals surface area contributed by atoms with Gasteiger partial charge in [0, 0.05) is 0 Å². The van der Waals surface area contributed by atoms with Gasteiger partial charge in [-0.05, 0) is 60.7 Å². The van der Waals surface area contributed by atoms with Gasteiger partial charge in [-0.25, -0.2) is 0 Å². The summed E-state index contributed by atoms with van der Waals surface area (Å²) in [6, 6.07) is 3.91. The summed E-state index contributed by atoms with van der Waals surface area (Å²) >= 11 is 0. The van der Waals surface area contributed by atoms with Gasteiger partial charge in [0.2, 0.25) is 6.79 Å². The molecule has 0 radical (unpaired) electrons. The van der Waals surface area contributed by atoms with Gasteiger partial charge in [-0.3, -0.25) is 0 Å². The number of ether oxygens (including phenoxy) is 2. The minimum absolute atomic E-state index is 0.144. The van der Waals surface area contributed by atoms with Crippen molar-refractivity contribution in [3.8, 4) is 11.5 Å². The highest BCUT2D eigenvalue weighted by atomic mass is 28.4. The van der Waals surface area contributed by atoms with E-state index in [-0.39, 0.29) is 11.8 Å². The second-order valence-corrected chi connectivity index (χ2v) is 13.4. The Bertz CT molecular complexity index is 675. The predicted octanol–water partition coefficient (Wildman–Crippen LogP) is 4.86. The SMILES string of the molecule is CC(C)(C)[Si](C)(C)OCc1cc2c(cc1C1(O)C=CCCC1)OCO2. The number of hydrogen-bond acceptors (Lipinski definition) is 4. The smallest absolute Gasteiger partial charge is 0.231 e. The van der Waals surface area contributed by atoms with Gasteiger partial charge in [0.15, 0.2) is 19.8 Å². The van der Waals surface area contributed by atoms with E-state index in [1.54, 1.807) is 0 Å². The Morgan fingerprint density at radius 1 is 1.20 bits per heavy atom. The first-order valence-corrected chi connectivity index (χ1v) is 12.0. The number of rotatable bonds is 4. The fourth-order valence-corrected chi connectivity index (χ4v) is 4.01. The van der Waals surface area contributed by atoms with Crippen molar-refractivity contribution < 1.29 is 19.0 Å². The van der Waals surface area contributed by atoms with Crippen molar-refractivity contribution in [1.82, 2.24) is 0 Å². The Hall–Kier alpha value is -1.30. The van der Waals surface area contributed by atoms with Crippen molar-refractivity contribution in [2.45, 2.75) is 70.4 Å². The molecule has 0 amide bonds. The summed E-state index contributed by atoms with van der Waals surface area (Å²) in [7, 11) is -1.88. The van der Waals surface area contributed by atoms with Crippen LogP contribution in [0.2, 0.25) is 18.1 Å². The maximum Gasteiger partial charge on any atom is 0.231 e. The molecule has 1 aliphatic carbocycles. The molecule has 1 aromatic carbocycles. The van der Waals surface area contributed by atoms with Crippen molar-refractivity contribution in [3.63, 3.8) is 0 Å². The monoisotopic (exact) mass is 362 g/mol. The summed E-state index contributed by atoms with van der Waals surface area (Å²) < 4.78 is 17.5. The van der Waals surface area contributed by atoms with Crippen LogP contribution in [-0.2, 0) is 16.6 Å². The van der Waals surface area contributed by atoms with Crippen LogP contribution in [0.1, 0.15) is 51.2 Å². The zero-order valence-corrected chi connectivity index (χ0v) is 17.0. The third-order valence-corrected chi connectivity index (χ3v) is 10.3. The molecular formula is C20H30O4Si. The zero-order valence-electron chi connectivity index (χ0n) is 16.0. The first kappa shape index (κ1) is 18.5. The van der Waals surface area contributed by atoms with Crippen molar-refractivity contribution in [3.05, 3.63) is 35.4 Å².